The molecular weight excluding hydrogens is 291 g/mol. The van der Waals surface area contributed by atoms with Crippen LogP contribution in [0.15, 0.2) is 0 Å². The maximum absolute atomic E-state index is 12.3. The van der Waals surface area contributed by atoms with E-state index < -0.39 is 30.3 Å². The second kappa shape index (κ2) is 6.08. The third-order valence-electron chi connectivity index (χ3n) is 3.69. The zero-order chi connectivity index (χ0) is 16.4. The van der Waals surface area contributed by atoms with E-state index in [0.29, 0.717) is 0 Å². The largest absolute Gasteiger partial charge is 0.480 e. The number of carbonyl (C=O) groups is 2. The van der Waals surface area contributed by atoms with Gasteiger partial charge in [-0.3, -0.25) is 4.90 Å². The summed E-state index contributed by atoms with van der Waals surface area (Å²) in [5.74, 6) is -1.14. The van der Waals surface area contributed by atoms with Crippen LogP contribution < -0.4 is 0 Å². The highest BCUT2D eigenvalue weighted by Gasteiger charge is 2.38. The average molecular weight is 311 g/mol. The van der Waals surface area contributed by atoms with Gasteiger partial charge in [0.1, 0.15) is 5.54 Å². The van der Waals surface area contributed by atoms with E-state index in [1.165, 1.54) is 30.7 Å². The van der Waals surface area contributed by atoms with Crippen LogP contribution in [-0.4, -0.2) is 83.3 Å². The number of halogens is 3. The van der Waals surface area contributed by atoms with Crippen LogP contribution in [-0.2, 0) is 4.79 Å². The number of rotatable bonds is 3. The number of hydrogen-bond donors (Lipinski definition) is 1. The highest BCUT2D eigenvalue weighted by Crippen LogP contribution is 2.19. The third-order valence-corrected chi connectivity index (χ3v) is 3.69. The first-order valence-corrected chi connectivity index (χ1v) is 6.50. The smallest absolute Gasteiger partial charge is 0.401 e. The Morgan fingerprint density at radius 2 is 1.62 bits per heavy atom. The minimum atomic E-state index is -4.26. The minimum Gasteiger partial charge on any atom is -0.480 e. The van der Waals surface area contributed by atoms with E-state index in [1.54, 1.807) is 0 Å². The first-order chi connectivity index (χ1) is 9.45. The normalized spacial score (nSPS) is 17.7. The topological polar surface area (TPSA) is 64.1 Å². The molecule has 0 radical (unpaired) electrons. The summed E-state index contributed by atoms with van der Waals surface area (Å²) in [4.78, 5) is 27.0. The molecule has 1 saturated heterocycles. The van der Waals surface area contributed by atoms with Crippen LogP contribution >= 0.6 is 0 Å². The predicted molar refractivity (Wildman–Crippen MR) is 68.9 cm³/mol. The molecule has 21 heavy (non-hydrogen) atoms. The quantitative estimate of drug-likeness (QED) is 0.847. The second-order valence-corrected chi connectivity index (χ2v) is 5.58. The molecule has 0 saturated carbocycles. The fraction of sp³-hybridized carbons (Fsp3) is 0.833. The van der Waals surface area contributed by atoms with E-state index in [-0.39, 0.29) is 26.2 Å². The van der Waals surface area contributed by atoms with Gasteiger partial charge >= 0.3 is 18.2 Å². The number of hydrogen-bond acceptors (Lipinski definition) is 3. The number of carbonyl (C=O) groups excluding carboxylic acids is 1. The lowest BCUT2D eigenvalue weighted by atomic mass is 10.0. The van der Waals surface area contributed by atoms with Crippen LogP contribution in [0.4, 0.5) is 18.0 Å². The highest BCUT2D eigenvalue weighted by atomic mass is 19.4. The van der Waals surface area contributed by atoms with Crippen molar-refractivity contribution in [1.29, 1.82) is 0 Å². The van der Waals surface area contributed by atoms with E-state index in [1.807, 2.05) is 0 Å². The molecule has 6 nitrogen and oxygen atoms in total. The Kier molecular flexibility index (Phi) is 5.08. The van der Waals surface area contributed by atoms with Gasteiger partial charge in [0.05, 0.1) is 6.54 Å². The maximum atomic E-state index is 12.3. The molecular formula is C12H20F3N3O3. The highest BCUT2D eigenvalue weighted by molar-refractivity contribution is 5.85. The van der Waals surface area contributed by atoms with Gasteiger partial charge in [0.15, 0.2) is 0 Å². The average Bonchev–Trinajstić information content (AvgIpc) is 2.35. The Morgan fingerprint density at radius 3 is 2.00 bits per heavy atom. The van der Waals surface area contributed by atoms with Gasteiger partial charge in [-0.2, -0.15) is 13.2 Å². The molecule has 1 aliphatic rings. The van der Waals surface area contributed by atoms with Crippen molar-refractivity contribution in [3.05, 3.63) is 0 Å². The van der Waals surface area contributed by atoms with Gasteiger partial charge in [-0.1, -0.05) is 0 Å². The molecule has 0 aromatic heterocycles. The van der Waals surface area contributed by atoms with E-state index in [2.05, 4.69) is 0 Å². The molecule has 1 rings (SSSR count). The fourth-order valence-corrected chi connectivity index (χ4v) is 1.95. The number of piperazine rings is 1. The summed E-state index contributed by atoms with van der Waals surface area (Å²) in [6, 6.07) is -0.492. The summed E-state index contributed by atoms with van der Waals surface area (Å²) in [6.07, 6.45) is -4.26. The lowest BCUT2D eigenvalue weighted by Crippen LogP contribution is -2.59. The first kappa shape index (κ1) is 17.5. The summed E-state index contributed by atoms with van der Waals surface area (Å²) in [5, 5.41) is 9.08. The van der Waals surface area contributed by atoms with Gasteiger partial charge in [-0.15, -0.1) is 0 Å². The minimum absolute atomic E-state index is 0.118. The maximum Gasteiger partial charge on any atom is 0.401 e. The van der Waals surface area contributed by atoms with Gasteiger partial charge < -0.3 is 14.9 Å². The molecule has 0 bridgehead atoms. The van der Waals surface area contributed by atoms with Gasteiger partial charge in [-0.05, 0) is 13.8 Å². The molecule has 0 atom stereocenters. The molecule has 0 aliphatic carbocycles. The second-order valence-electron chi connectivity index (χ2n) is 5.58. The van der Waals surface area contributed by atoms with Crippen molar-refractivity contribution in [3.8, 4) is 0 Å². The predicted octanol–water partition coefficient (Wildman–Crippen LogP) is 1.08. The van der Waals surface area contributed by atoms with Gasteiger partial charge in [0, 0.05) is 33.2 Å². The van der Waals surface area contributed by atoms with Crippen molar-refractivity contribution in [1.82, 2.24) is 14.7 Å². The van der Waals surface area contributed by atoms with E-state index in [9.17, 15) is 22.8 Å². The van der Waals surface area contributed by atoms with Gasteiger partial charge in [0.25, 0.3) is 0 Å². The summed E-state index contributed by atoms with van der Waals surface area (Å²) >= 11 is 0. The van der Waals surface area contributed by atoms with Crippen LogP contribution in [0, 0.1) is 0 Å². The van der Waals surface area contributed by atoms with Crippen molar-refractivity contribution in [2.75, 3.05) is 39.8 Å². The molecule has 0 aromatic rings. The molecule has 2 amide bonds. The van der Waals surface area contributed by atoms with Crippen LogP contribution in [0.25, 0.3) is 0 Å². The van der Waals surface area contributed by atoms with Crippen LogP contribution in [0.1, 0.15) is 13.8 Å². The molecule has 1 fully saturated rings. The zero-order valence-corrected chi connectivity index (χ0v) is 12.3. The van der Waals surface area contributed by atoms with Crippen molar-refractivity contribution < 1.29 is 27.9 Å². The number of carboxylic acid groups (broad SMARTS) is 1. The molecule has 0 unspecified atom stereocenters. The fourth-order valence-electron chi connectivity index (χ4n) is 1.95. The Balaban J connectivity index is 2.58. The number of amides is 2. The van der Waals surface area contributed by atoms with E-state index in [4.69, 9.17) is 5.11 Å². The number of carboxylic acids is 1. The summed E-state index contributed by atoms with van der Waals surface area (Å²) < 4.78 is 36.8. The van der Waals surface area contributed by atoms with Crippen molar-refractivity contribution in [2.45, 2.75) is 25.6 Å². The lowest BCUT2D eigenvalue weighted by molar-refractivity contribution is -0.150. The molecule has 1 aliphatic heterocycles. The monoisotopic (exact) mass is 311 g/mol. The summed E-state index contributed by atoms with van der Waals surface area (Å²) in [5.41, 5.74) is -1.37. The zero-order valence-electron chi connectivity index (χ0n) is 12.3. The SMILES string of the molecule is CN(C(=O)N1CCN(CC(F)(F)F)CC1)C(C)(C)C(=O)O. The Hall–Kier alpha value is -1.51. The molecule has 1 N–H and O–H groups in total. The molecule has 122 valence electrons. The molecule has 0 spiro atoms. The molecule has 1 heterocycles. The first-order valence-electron chi connectivity index (χ1n) is 6.50. The van der Waals surface area contributed by atoms with Crippen LogP contribution in [0.2, 0.25) is 0 Å². The van der Waals surface area contributed by atoms with E-state index in [0.717, 1.165) is 4.90 Å². The van der Waals surface area contributed by atoms with Gasteiger partial charge in [0.2, 0.25) is 0 Å². The summed E-state index contributed by atoms with van der Waals surface area (Å²) in [7, 11) is 1.37. The third kappa shape index (κ3) is 4.48. The molecule has 0 aromatic carbocycles. The number of likely N-dealkylation sites (N-methyl/N-ethyl adjacent to an activating group) is 1. The number of nitrogens with zero attached hydrogens (tertiary/aromatic N) is 3. The van der Waals surface area contributed by atoms with Gasteiger partial charge in [-0.25, -0.2) is 9.59 Å². The Bertz CT molecular complexity index is 404. The summed E-state index contributed by atoms with van der Waals surface area (Å²) in [6.45, 7) is 2.33. The van der Waals surface area contributed by atoms with Crippen molar-refractivity contribution in [3.63, 3.8) is 0 Å². The Morgan fingerprint density at radius 1 is 1.14 bits per heavy atom. The van der Waals surface area contributed by atoms with Crippen LogP contribution in [0.3, 0.4) is 0 Å². The van der Waals surface area contributed by atoms with Crippen molar-refractivity contribution in [2.24, 2.45) is 0 Å². The Labute approximate surface area is 121 Å². The lowest BCUT2D eigenvalue weighted by Gasteiger charge is -2.40. The van der Waals surface area contributed by atoms with Crippen molar-refractivity contribution >= 4 is 12.0 Å². The van der Waals surface area contributed by atoms with Crippen LogP contribution in [0.5, 0.6) is 0 Å². The number of aliphatic carboxylic acids is 1. The number of urea groups is 1. The standard InChI is InChI=1S/C12H20F3N3O3/c1-11(2,9(19)20)16(3)10(21)18-6-4-17(5-7-18)8-12(13,14)15/h4-8H2,1-3H3,(H,19,20). The number of alkyl halides is 3. The van der Waals surface area contributed by atoms with E-state index >= 15 is 0 Å². The molecule has 9 heteroatoms.